The van der Waals surface area contributed by atoms with E-state index in [-0.39, 0.29) is 17.1 Å². The van der Waals surface area contributed by atoms with Crippen LogP contribution < -0.4 is 10.1 Å². The van der Waals surface area contributed by atoms with Crippen LogP contribution in [0.25, 0.3) is 0 Å². The molecular formula is C20H28ClN3O2. The highest BCUT2D eigenvalue weighted by atomic mass is 35.5. The number of halogens is 1. The third-order valence-electron chi connectivity index (χ3n) is 4.11. The number of allylic oxidation sites excluding steroid dienone is 4. The highest BCUT2D eigenvalue weighted by Crippen LogP contribution is 2.21. The standard InChI is InChI=1S/C20H28ClN3O2/c1-6-8-9-15(7-2)12-17(10-11-22-3)24(4)20(25)16-13-18(21)23-19(14-16)26-5/h6-9,13-14,17,22H,1,10-12H2,2-5H3/b9-8-,15-7+/t17-/m1/s1. The van der Waals surface area contributed by atoms with Crippen LogP contribution in [-0.2, 0) is 0 Å². The number of carbonyl (C=O) groups is 1. The van der Waals surface area contributed by atoms with Crippen LogP contribution in [0, 0.1) is 0 Å². The maximum atomic E-state index is 13.0. The summed E-state index contributed by atoms with van der Waals surface area (Å²) in [6.45, 7) is 6.51. The minimum Gasteiger partial charge on any atom is -0.481 e. The Morgan fingerprint density at radius 3 is 2.81 bits per heavy atom. The molecule has 0 aliphatic carbocycles. The second-order valence-corrected chi connectivity index (χ2v) is 6.23. The van der Waals surface area contributed by atoms with Crippen LogP contribution >= 0.6 is 11.6 Å². The van der Waals surface area contributed by atoms with Crippen molar-refractivity contribution >= 4 is 17.5 Å². The van der Waals surface area contributed by atoms with Gasteiger partial charge in [-0.05, 0) is 39.4 Å². The van der Waals surface area contributed by atoms with Crippen molar-refractivity contribution in [1.29, 1.82) is 0 Å². The molecule has 0 unspecified atom stereocenters. The van der Waals surface area contributed by atoms with Gasteiger partial charge >= 0.3 is 0 Å². The number of hydrogen-bond acceptors (Lipinski definition) is 4. The molecule has 1 heterocycles. The van der Waals surface area contributed by atoms with Gasteiger partial charge in [0.15, 0.2) is 0 Å². The Morgan fingerprint density at radius 1 is 1.50 bits per heavy atom. The lowest BCUT2D eigenvalue weighted by molar-refractivity contribution is 0.0724. The average Bonchev–Trinajstić information content (AvgIpc) is 2.65. The molecule has 26 heavy (non-hydrogen) atoms. The number of ether oxygens (including phenoxy) is 1. The van der Waals surface area contributed by atoms with Gasteiger partial charge in [0.25, 0.3) is 5.91 Å². The molecule has 0 spiro atoms. The zero-order valence-corrected chi connectivity index (χ0v) is 16.7. The molecule has 0 saturated heterocycles. The molecule has 0 radical (unpaired) electrons. The van der Waals surface area contributed by atoms with Gasteiger partial charge in [-0.1, -0.05) is 48.1 Å². The number of nitrogens with one attached hydrogen (secondary N) is 1. The predicted octanol–water partition coefficient (Wildman–Crippen LogP) is 3.87. The fourth-order valence-electron chi connectivity index (χ4n) is 2.56. The number of aromatic nitrogens is 1. The summed E-state index contributed by atoms with van der Waals surface area (Å²) in [5, 5.41) is 3.38. The highest BCUT2D eigenvalue weighted by molar-refractivity contribution is 6.29. The maximum Gasteiger partial charge on any atom is 0.254 e. The zero-order chi connectivity index (χ0) is 19.5. The first-order valence-electron chi connectivity index (χ1n) is 8.54. The van der Waals surface area contributed by atoms with Crippen LogP contribution in [0.5, 0.6) is 5.88 Å². The summed E-state index contributed by atoms with van der Waals surface area (Å²) in [5.41, 5.74) is 1.61. The van der Waals surface area contributed by atoms with Gasteiger partial charge in [0, 0.05) is 24.7 Å². The molecule has 0 saturated carbocycles. The van der Waals surface area contributed by atoms with Crippen molar-refractivity contribution in [2.75, 3.05) is 27.7 Å². The molecule has 5 nitrogen and oxygen atoms in total. The summed E-state index contributed by atoms with van der Waals surface area (Å²) in [7, 11) is 5.21. The number of amides is 1. The lowest BCUT2D eigenvalue weighted by Gasteiger charge is -2.29. The molecule has 142 valence electrons. The molecular weight excluding hydrogens is 350 g/mol. The number of methoxy groups -OCH3 is 1. The Labute approximate surface area is 161 Å². The van der Waals surface area contributed by atoms with Crippen molar-refractivity contribution in [1.82, 2.24) is 15.2 Å². The molecule has 0 aliphatic rings. The van der Waals surface area contributed by atoms with E-state index in [1.54, 1.807) is 23.1 Å². The Hall–Kier alpha value is -2.11. The lowest BCUT2D eigenvalue weighted by Crippen LogP contribution is -2.39. The van der Waals surface area contributed by atoms with Crippen molar-refractivity contribution in [3.8, 4) is 5.88 Å². The first-order valence-corrected chi connectivity index (χ1v) is 8.92. The van der Waals surface area contributed by atoms with E-state index in [2.05, 4.69) is 23.0 Å². The topological polar surface area (TPSA) is 54.5 Å². The normalized spacial score (nSPS) is 12.9. The molecule has 1 amide bonds. The largest absolute Gasteiger partial charge is 0.481 e. The Morgan fingerprint density at radius 2 is 2.23 bits per heavy atom. The number of hydrogen-bond donors (Lipinski definition) is 1. The summed E-state index contributed by atoms with van der Waals surface area (Å²) in [4.78, 5) is 18.7. The van der Waals surface area contributed by atoms with E-state index in [0.29, 0.717) is 11.4 Å². The van der Waals surface area contributed by atoms with Crippen LogP contribution in [0.1, 0.15) is 30.1 Å². The predicted molar refractivity (Wildman–Crippen MR) is 108 cm³/mol. The molecule has 0 bridgehead atoms. The minimum atomic E-state index is -0.114. The number of rotatable bonds is 10. The van der Waals surface area contributed by atoms with Crippen LogP contribution in [-0.4, -0.2) is 49.6 Å². The molecule has 0 fully saturated rings. The number of nitrogens with zero attached hydrogens (tertiary/aromatic N) is 2. The molecule has 1 N–H and O–H groups in total. The van der Waals surface area contributed by atoms with Gasteiger partial charge in [-0.2, -0.15) is 0 Å². The van der Waals surface area contributed by atoms with Gasteiger partial charge in [-0.15, -0.1) is 0 Å². The lowest BCUT2D eigenvalue weighted by atomic mass is 10.0. The van der Waals surface area contributed by atoms with Crippen molar-refractivity contribution < 1.29 is 9.53 Å². The Bertz CT molecular complexity index is 671. The van der Waals surface area contributed by atoms with Crippen LogP contribution in [0.15, 0.2) is 48.6 Å². The van der Waals surface area contributed by atoms with Gasteiger partial charge < -0.3 is 15.0 Å². The third kappa shape index (κ3) is 6.65. The zero-order valence-electron chi connectivity index (χ0n) is 16.0. The average molecular weight is 378 g/mol. The third-order valence-corrected chi connectivity index (χ3v) is 4.30. The maximum absolute atomic E-state index is 13.0. The highest BCUT2D eigenvalue weighted by Gasteiger charge is 2.22. The molecule has 1 atom stereocenters. The smallest absolute Gasteiger partial charge is 0.254 e. The quantitative estimate of drug-likeness (QED) is 0.496. The molecule has 1 rings (SSSR count). The summed E-state index contributed by atoms with van der Waals surface area (Å²) >= 11 is 6.01. The van der Waals surface area contributed by atoms with Crippen LogP contribution in [0.2, 0.25) is 5.15 Å². The monoisotopic (exact) mass is 377 g/mol. The molecule has 1 aromatic heterocycles. The van der Waals surface area contributed by atoms with Gasteiger partial charge in [0.2, 0.25) is 5.88 Å². The molecule has 6 heteroatoms. The van der Waals surface area contributed by atoms with Crippen molar-refractivity contribution in [3.05, 3.63) is 59.3 Å². The first kappa shape index (κ1) is 21.9. The van der Waals surface area contributed by atoms with Gasteiger partial charge in [0.05, 0.1) is 7.11 Å². The molecule has 1 aromatic rings. The van der Waals surface area contributed by atoms with E-state index in [9.17, 15) is 4.79 Å². The summed E-state index contributed by atoms with van der Waals surface area (Å²) in [6, 6.07) is 3.20. The Kier molecular flexibility index (Phi) is 9.70. The molecule has 0 aromatic carbocycles. The SMILES string of the molecule is C=C/C=C\C(=C/C)C[C@@H](CCNC)N(C)C(=O)c1cc(Cl)nc(OC)c1. The van der Waals surface area contributed by atoms with Crippen molar-refractivity contribution in [3.63, 3.8) is 0 Å². The summed E-state index contributed by atoms with van der Waals surface area (Å²) in [5.74, 6) is 0.209. The van der Waals surface area contributed by atoms with Gasteiger partial charge in [0.1, 0.15) is 5.15 Å². The Balaban J connectivity index is 3.05. The van der Waals surface area contributed by atoms with Crippen LogP contribution in [0.3, 0.4) is 0 Å². The van der Waals surface area contributed by atoms with E-state index in [0.717, 1.165) is 25.0 Å². The van der Waals surface area contributed by atoms with E-state index in [1.165, 1.54) is 7.11 Å². The van der Waals surface area contributed by atoms with E-state index < -0.39 is 0 Å². The fraction of sp³-hybridized carbons (Fsp3) is 0.400. The second-order valence-electron chi connectivity index (χ2n) is 5.85. The van der Waals surface area contributed by atoms with Crippen LogP contribution in [0.4, 0.5) is 0 Å². The number of carbonyl (C=O) groups excluding carboxylic acids is 1. The second kappa shape index (κ2) is 11.5. The van der Waals surface area contributed by atoms with E-state index >= 15 is 0 Å². The van der Waals surface area contributed by atoms with Gasteiger partial charge in [-0.3, -0.25) is 4.79 Å². The van der Waals surface area contributed by atoms with E-state index in [1.807, 2.05) is 33.2 Å². The van der Waals surface area contributed by atoms with E-state index in [4.69, 9.17) is 16.3 Å². The summed E-state index contributed by atoms with van der Waals surface area (Å²) in [6.07, 6.45) is 9.29. The molecule has 0 aliphatic heterocycles. The van der Waals surface area contributed by atoms with Crippen molar-refractivity contribution in [2.45, 2.75) is 25.8 Å². The van der Waals surface area contributed by atoms with Gasteiger partial charge in [-0.25, -0.2) is 4.98 Å². The first-order chi connectivity index (χ1) is 12.5. The minimum absolute atomic E-state index is 0.0357. The number of pyridine rings is 1. The fourth-order valence-corrected chi connectivity index (χ4v) is 2.76. The van der Waals surface area contributed by atoms with Crippen molar-refractivity contribution in [2.24, 2.45) is 0 Å². The summed E-state index contributed by atoms with van der Waals surface area (Å²) < 4.78 is 5.11.